The molecule has 0 aromatic rings. The first-order chi connectivity index (χ1) is 9.02. The van der Waals surface area contributed by atoms with Crippen LogP contribution in [0.1, 0.15) is 6.92 Å². The lowest BCUT2D eigenvalue weighted by Crippen LogP contribution is -2.51. The summed E-state index contributed by atoms with van der Waals surface area (Å²) in [7, 11) is 0. The first kappa shape index (κ1) is 14.1. The molecular weight excluding hydrogens is 252 g/mol. The summed E-state index contributed by atoms with van der Waals surface area (Å²) in [5, 5.41) is 18.1. The van der Waals surface area contributed by atoms with E-state index in [2.05, 4.69) is 0 Å². The number of aliphatic hydroxyl groups is 1. The van der Waals surface area contributed by atoms with Crippen LogP contribution in [0.3, 0.4) is 0 Å². The minimum atomic E-state index is -0.849. The summed E-state index contributed by atoms with van der Waals surface area (Å²) in [6.45, 7) is 3.71. The maximum absolute atomic E-state index is 12.3. The quantitative estimate of drug-likeness (QED) is 0.704. The topological polar surface area (TPSA) is 90.3 Å². The molecule has 2 aliphatic rings. The number of morpholine rings is 1. The molecule has 2 aliphatic heterocycles. The van der Waals surface area contributed by atoms with Crippen LogP contribution < -0.4 is 0 Å². The number of carbonyl (C=O) groups excluding carboxylic acids is 1. The largest absolute Gasteiger partial charge is 0.481 e. The van der Waals surface area contributed by atoms with E-state index in [1.807, 2.05) is 6.92 Å². The number of carbonyl (C=O) groups is 2. The average Bonchev–Trinajstić information content (AvgIpc) is 2.80. The third-order valence-corrected chi connectivity index (χ3v) is 3.81. The van der Waals surface area contributed by atoms with Gasteiger partial charge in [0.1, 0.15) is 0 Å². The maximum Gasteiger partial charge on any atom is 0.320 e. The fourth-order valence-corrected chi connectivity index (χ4v) is 2.65. The Morgan fingerprint density at radius 3 is 2.58 bits per heavy atom. The maximum atomic E-state index is 12.3. The lowest BCUT2D eigenvalue weighted by atomic mass is 9.99. The van der Waals surface area contributed by atoms with E-state index in [1.54, 1.807) is 9.80 Å². The van der Waals surface area contributed by atoms with Crippen LogP contribution in [0.15, 0.2) is 0 Å². The molecule has 2 saturated heterocycles. The van der Waals surface area contributed by atoms with Crippen LogP contribution >= 0.6 is 0 Å². The number of amides is 2. The number of carboxylic acids is 1. The molecule has 0 aromatic heterocycles. The molecule has 7 nitrogen and oxygen atoms in total. The Bertz CT molecular complexity index is 362. The van der Waals surface area contributed by atoms with Crippen molar-refractivity contribution in [1.29, 1.82) is 0 Å². The minimum absolute atomic E-state index is 0.0314. The second-order valence-electron chi connectivity index (χ2n) is 5.23. The molecule has 0 aliphatic carbocycles. The summed E-state index contributed by atoms with van der Waals surface area (Å²) in [4.78, 5) is 26.6. The van der Waals surface area contributed by atoms with E-state index in [0.29, 0.717) is 26.2 Å². The normalized spacial score (nSPS) is 31.6. The van der Waals surface area contributed by atoms with Crippen molar-refractivity contribution >= 4 is 12.0 Å². The molecule has 2 fully saturated rings. The van der Waals surface area contributed by atoms with E-state index >= 15 is 0 Å². The van der Waals surface area contributed by atoms with Gasteiger partial charge in [-0.3, -0.25) is 4.79 Å². The Kier molecular flexibility index (Phi) is 4.26. The Balaban J connectivity index is 1.95. The van der Waals surface area contributed by atoms with Crippen LogP contribution in [-0.2, 0) is 9.53 Å². The lowest BCUT2D eigenvalue weighted by molar-refractivity contribution is -0.142. The van der Waals surface area contributed by atoms with Crippen molar-refractivity contribution < 1.29 is 24.5 Å². The molecule has 0 saturated carbocycles. The number of rotatable bonds is 2. The predicted molar refractivity (Wildman–Crippen MR) is 65.7 cm³/mol. The van der Waals surface area contributed by atoms with Crippen molar-refractivity contribution in [2.45, 2.75) is 13.0 Å². The smallest absolute Gasteiger partial charge is 0.320 e. The van der Waals surface area contributed by atoms with Crippen molar-refractivity contribution in [3.8, 4) is 0 Å². The van der Waals surface area contributed by atoms with Crippen LogP contribution in [0.2, 0.25) is 0 Å². The summed E-state index contributed by atoms with van der Waals surface area (Å²) in [5.41, 5.74) is 0. The number of aliphatic hydroxyl groups excluding tert-OH is 1. The first-order valence-electron chi connectivity index (χ1n) is 6.52. The zero-order valence-electron chi connectivity index (χ0n) is 11.0. The van der Waals surface area contributed by atoms with Crippen LogP contribution in [0.25, 0.3) is 0 Å². The second-order valence-corrected chi connectivity index (χ2v) is 5.23. The molecule has 0 bridgehead atoms. The van der Waals surface area contributed by atoms with Gasteiger partial charge in [0.2, 0.25) is 0 Å². The number of hydrogen-bond acceptors (Lipinski definition) is 4. The van der Waals surface area contributed by atoms with Crippen LogP contribution in [0.5, 0.6) is 0 Å². The number of nitrogens with zero attached hydrogens (tertiary/aromatic N) is 2. The molecule has 2 rings (SSSR count). The number of carboxylic acid groups (broad SMARTS) is 1. The molecular formula is C12H20N2O5. The standard InChI is InChI=1S/C12H20N2O5/c1-8-4-14(6-10(8)11(16)17)12(18)13-2-3-19-9(5-13)7-15/h8-10,15H,2-7H2,1H3,(H,16,17). The monoisotopic (exact) mass is 272 g/mol. The van der Waals surface area contributed by atoms with E-state index in [4.69, 9.17) is 14.9 Å². The van der Waals surface area contributed by atoms with E-state index in [0.717, 1.165) is 0 Å². The highest BCUT2D eigenvalue weighted by Gasteiger charge is 2.39. The van der Waals surface area contributed by atoms with E-state index < -0.39 is 11.9 Å². The van der Waals surface area contributed by atoms with Crippen LogP contribution in [0.4, 0.5) is 4.79 Å². The van der Waals surface area contributed by atoms with Crippen molar-refractivity contribution in [3.05, 3.63) is 0 Å². The van der Waals surface area contributed by atoms with E-state index in [1.165, 1.54) is 0 Å². The predicted octanol–water partition coefficient (Wildman–Crippen LogP) is -0.548. The highest BCUT2D eigenvalue weighted by atomic mass is 16.5. The van der Waals surface area contributed by atoms with Gasteiger partial charge >= 0.3 is 12.0 Å². The molecule has 0 radical (unpaired) electrons. The minimum Gasteiger partial charge on any atom is -0.481 e. The highest BCUT2D eigenvalue weighted by Crippen LogP contribution is 2.24. The van der Waals surface area contributed by atoms with Crippen LogP contribution in [-0.4, -0.2) is 77.5 Å². The molecule has 0 spiro atoms. The third kappa shape index (κ3) is 2.98. The van der Waals surface area contributed by atoms with Gasteiger partial charge in [-0.15, -0.1) is 0 Å². The molecule has 3 atom stereocenters. The van der Waals surface area contributed by atoms with Gasteiger partial charge in [0.05, 0.1) is 31.8 Å². The third-order valence-electron chi connectivity index (χ3n) is 3.81. The fourth-order valence-electron chi connectivity index (χ4n) is 2.65. The Hall–Kier alpha value is -1.34. The van der Waals surface area contributed by atoms with E-state index in [9.17, 15) is 9.59 Å². The van der Waals surface area contributed by atoms with Gasteiger partial charge in [0.25, 0.3) is 0 Å². The number of hydrogen-bond donors (Lipinski definition) is 2. The summed E-state index contributed by atoms with van der Waals surface area (Å²) in [5.74, 6) is -1.37. The average molecular weight is 272 g/mol. The lowest BCUT2D eigenvalue weighted by Gasteiger charge is -2.34. The summed E-state index contributed by atoms with van der Waals surface area (Å²) >= 11 is 0. The molecule has 3 unspecified atom stereocenters. The van der Waals surface area contributed by atoms with Gasteiger partial charge in [0.15, 0.2) is 0 Å². The van der Waals surface area contributed by atoms with E-state index in [-0.39, 0.29) is 31.2 Å². The van der Waals surface area contributed by atoms with Gasteiger partial charge in [-0.25, -0.2) is 4.79 Å². The van der Waals surface area contributed by atoms with Gasteiger partial charge in [-0.1, -0.05) is 6.92 Å². The Labute approximate surface area is 111 Å². The fraction of sp³-hybridized carbons (Fsp3) is 0.833. The highest BCUT2D eigenvalue weighted by molar-refractivity contribution is 5.77. The molecule has 108 valence electrons. The molecule has 2 heterocycles. The van der Waals surface area contributed by atoms with Gasteiger partial charge in [-0.05, 0) is 5.92 Å². The van der Waals surface area contributed by atoms with Crippen molar-refractivity contribution in [2.24, 2.45) is 11.8 Å². The van der Waals surface area contributed by atoms with Gasteiger partial charge in [0, 0.05) is 19.6 Å². The number of aliphatic carboxylic acids is 1. The Morgan fingerprint density at radius 1 is 1.26 bits per heavy atom. The van der Waals surface area contributed by atoms with Gasteiger partial charge in [-0.2, -0.15) is 0 Å². The number of ether oxygens (including phenoxy) is 1. The SMILES string of the molecule is CC1CN(C(=O)N2CCOC(CO)C2)CC1C(=O)O. The number of urea groups is 1. The number of likely N-dealkylation sites (tertiary alicyclic amines) is 1. The molecule has 19 heavy (non-hydrogen) atoms. The zero-order chi connectivity index (χ0) is 14.0. The Morgan fingerprint density at radius 2 is 2.00 bits per heavy atom. The molecule has 2 amide bonds. The first-order valence-corrected chi connectivity index (χ1v) is 6.52. The van der Waals surface area contributed by atoms with Gasteiger partial charge < -0.3 is 24.7 Å². The van der Waals surface area contributed by atoms with Crippen molar-refractivity contribution in [2.75, 3.05) is 39.4 Å². The zero-order valence-corrected chi connectivity index (χ0v) is 11.0. The van der Waals surface area contributed by atoms with Crippen LogP contribution in [0, 0.1) is 11.8 Å². The van der Waals surface area contributed by atoms with Crippen molar-refractivity contribution in [3.63, 3.8) is 0 Å². The summed E-state index contributed by atoms with van der Waals surface area (Å²) in [6, 6.07) is -0.155. The molecule has 2 N–H and O–H groups in total. The molecule has 7 heteroatoms. The summed E-state index contributed by atoms with van der Waals surface area (Å²) in [6.07, 6.45) is -0.340. The second kappa shape index (κ2) is 5.75. The molecule has 0 aromatic carbocycles. The summed E-state index contributed by atoms with van der Waals surface area (Å²) < 4.78 is 5.29. The van der Waals surface area contributed by atoms with Crippen molar-refractivity contribution in [1.82, 2.24) is 9.80 Å².